The predicted molar refractivity (Wildman–Crippen MR) is 129 cm³/mol. The standard InChI is InChI=1S/C14H10O4S.C12H28N/c15-13(16)9-1-5-11(6-2-9)19-12-7-3-10(4-8-12)14(17)18;1-5-9-13(10-6-2,11-7-3)12-8-4/h1-8H,(H,15,16)(H,17,18);5-12H2,1-4H3/q;+1/p-1. The van der Waals surface area contributed by atoms with E-state index in [0.717, 1.165) is 9.79 Å². The Morgan fingerprint density at radius 2 is 1.06 bits per heavy atom. The molecule has 1 N–H and O–H groups in total. The minimum Gasteiger partial charge on any atom is -0.545 e. The first kappa shape index (κ1) is 27.7. The second-order valence-electron chi connectivity index (χ2n) is 7.98. The monoisotopic (exact) mass is 459 g/mol. The summed E-state index contributed by atoms with van der Waals surface area (Å²) >= 11 is 1.42. The van der Waals surface area contributed by atoms with Crippen molar-refractivity contribution in [2.75, 3.05) is 26.2 Å². The lowest BCUT2D eigenvalue weighted by Crippen LogP contribution is -2.50. The van der Waals surface area contributed by atoms with Gasteiger partial charge in [0, 0.05) is 9.79 Å². The van der Waals surface area contributed by atoms with Gasteiger partial charge in [-0.25, -0.2) is 4.79 Å². The molecule has 0 fully saturated rings. The molecule has 0 radical (unpaired) electrons. The van der Waals surface area contributed by atoms with Gasteiger partial charge in [-0.1, -0.05) is 51.6 Å². The SMILES string of the molecule is CCC[N+](CCC)(CCC)CCC.O=C([O-])c1ccc(Sc2ccc(C(=O)O)cc2)cc1. The molecule has 5 nitrogen and oxygen atoms in total. The first-order valence-electron chi connectivity index (χ1n) is 11.5. The number of hydrogen-bond acceptors (Lipinski definition) is 4. The number of carbonyl (C=O) groups is 2. The van der Waals surface area contributed by atoms with Gasteiger partial charge in [-0.2, -0.15) is 0 Å². The quantitative estimate of drug-likeness (QED) is 0.433. The zero-order chi connectivity index (χ0) is 24.0. The summed E-state index contributed by atoms with van der Waals surface area (Å²) in [6.07, 6.45) is 5.33. The molecule has 6 heteroatoms. The zero-order valence-electron chi connectivity index (χ0n) is 19.8. The molecule has 0 aliphatic carbocycles. The van der Waals surface area contributed by atoms with Crippen molar-refractivity contribution in [3.05, 3.63) is 59.7 Å². The van der Waals surface area contributed by atoms with Crippen molar-refractivity contribution < 1.29 is 24.3 Å². The molecule has 0 bridgehead atoms. The lowest BCUT2D eigenvalue weighted by Gasteiger charge is -2.38. The largest absolute Gasteiger partial charge is 0.545 e. The molecule has 2 aromatic rings. The van der Waals surface area contributed by atoms with Crippen LogP contribution in [0.1, 0.15) is 74.1 Å². The first-order chi connectivity index (χ1) is 15.3. The molecule has 0 spiro atoms. The maximum atomic E-state index is 10.7. The number of quaternary nitrogens is 1. The number of rotatable bonds is 12. The number of carbonyl (C=O) groups excluding carboxylic acids is 1. The molecule has 0 saturated heterocycles. The summed E-state index contributed by atoms with van der Waals surface area (Å²) in [7, 11) is 0. The van der Waals surface area contributed by atoms with E-state index in [1.54, 1.807) is 24.3 Å². The maximum Gasteiger partial charge on any atom is 0.335 e. The van der Waals surface area contributed by atoms with Crippen molar-refractivity contribution in [2.24, 2.45) is 0 Å². The van der Waals surface area contributed by atoms with E-state index in [4.69, 9.17) is 5.11 Å². The summed E-state index contributed by atoms with van der Waals surface area (Å²) < 4.78 is 1.38. The van der Waals surface area contributed by atoms with Crippen molar-refractivity contribution in [1.82, 2.24) is 0 Å². The molecule has 0 atom stereocenters. The van der Waals surface area contributed by atoms with Crippen LogP contribution in [-0.2, 0) is 0 Å². The molecule has 2 rings (SSSR count). The highest BCUT2D eigenvalue weighted by molar-refractivity contribution is 7.99. The average Bonchev–Trinajstić information content (AvgIpc) is 2.76. The third-order valence-electron chi connectivity index (χ3n) is 5.22. The fourth-order valence-electron chi connectivity index (χ4n) is 4.03. The Balaban J connectivity index is 0.000000347. The summed E-state index contributed by atoms with van der Waals surface area (Å²) in [5.74, 6) is -2.17. The van der Waals surface area contributed by atoms with Crippen LogP contribution in [-0.4, -0.2) is 47.7 Å². The van der Waals surface area contributed by atoms with Gasteiger partial charge in [0.15, 0.2) is 0 Å². The highest BCUT2D eigenvalue weighted by Crippen LogP contribution is 2.27. The van der Waals surface area contributed by atoms with Gasteiger partial charge in [0.2, 0.25) is 0 Å². The van der Waals surface area contributed by atoms with Crippen LogP contribution in [0.25, 0.3) is 0 Å². The summed E-state index contributed by atoms with van der Waals surface area (Å²) in [6.45, 7) is 14.8. The Kier molecular flexibility index (Phi) is 12.7. The molecular weight excluding hydrogens is 422 g/mol. The molecular formula is C26H37NO4S. The average molecular weight is 460 g/mol. The fraction of sp³-hybridized carbons (Fsp3) is 0.462. The second-order valence-corrected chi connectivity index (χ2v) is 9.13. The summed E-state index contributed by atoms with van der Waals surface area (Å²) in [4.78, 5) is 23.1. The van der Waals surface area contributed by atoms with E-state index in [0.29, 0.717) is 0 Å². The molecule has 0 unspecified atom stereocenters. The van der Waals surface area contributed by atoms with E-state index in [1.165, 1.54) is 92.4 Å². The maximum absolute atomic E-state index is 10.7. The van der Waals surface area contributed by atoms with Gasteiger partial charge in [0.25, 0.3) is 0 Å². The summed E-state index contributed by atoms with van der Waals surface area (Å²) in [5.41, 5.74) is 0.363. The van der Waals surface area contributed by atoms with E-state index in [1.807, 2.05) is 0 Å². The number of aromatic carboxylic acids is 2. The number of nitrogens with zero attached hydrogens (tertiary/aromatic N) is 1. The van der Waals surface area contributed by atoms with Crippen LogP contribution in [0, 0.1) is 0 Å². The van der Waals surface area contributed by atoms with Crippen LogP contribution in [0.3, 0.4) is 0 Å². The molecule has 176 valence electrons. The van der Waals surface area contributed by atoms with Crippen molar-refractivity contribution in [3.63, 3.8) is 0 Å². The van der Waals surface area contributed by atoms with Crippen molar-refractivity contribution in [2.45, 2.75) is 63.2 Å². The Hall–Kier alpha value is -2.31. The smallest absolute Gasteiger partial charge is 0.335 e. The normalized spacial score (nSPS) is 10.9. The lowest BCUT2D eigenvalue weighted by atomic mass is 10.2. The van der Waals surface area contributed by atoms with Crippen molar-refractivity contribution in [1.29, 1.82) is 0 Å². The predicted octanol–water partition coefficient (Wildman–Crippen LogP) is 5.34. The van der Waals surface area contributed by atoms with Crippen LogP contribution in [0.5, 0.6) is 0 Å². The summed E-state index contributed by atoms with van der Waals surface area (Å²) in [6, 6.07) is 12.8. The first-order valence-corrected chi connectivity index (χ1v) is 12.3. The van der Waals surface area contributed by atoms with Gasteiger partial charge in [0.05, 0.1) is 37.7 Å². The number of carboxylic acids is 2. The lowest BCUT2D eigenvalue weighted by molar-refractivity contribution is -0.928. The molecule has 0 aliphatic heterocycles. The molecule has 0 aliphatic rings. The van der Waals surface area contributed by atoms with E-state index in [2.05, 4.69) is 27.7 Å². The third-order valence-corrected chi connectivity index (χ3v) is 6.23. The van der Waals surface area contributed by atoms with E-state index in [-0.39, 0.29) is 11.1 Å². The molecule has 0 saturated carbocycles. The van der Waals surface area contributed by atoms with Gasteiger partial charge < -0.3 is 19.5 Å². The molecule has 0 amide bonds. The number of benzene rings is 2. The second kappa shape index (κ2) is 14.7. The van der Waals surface area contributed by atoms with Gasteiger partial charge >= 0.3 is 5.97 Å². The minimum absolute atomic E-state index is 0.130. The van der Waals surface area contributed by atoms with Crippen LogP contribution in [0.2, 0.25) is 0 Å². The molecule has 0 aromatic heterocycles. The van der Waals surface area contributed by atoms with E-state index >= 15 is 0 Å². The highest BCUT2D eigenvalue weighted by atomic mass is 32.2. The molecule has 0 heterocycles. The number of carboxylic acid groups (broad SMARTS) is 2. The van der Waals surface area contributed by atoms with Gasteiger partial charge in [0.1, 0.15) is 0 Å². The van der Waals surface area contributed by atoms with Crippen LogP contribution < -0.4 is 5.11 Å². The summed E-state index contributed by atoms with van der Waals surface area (Å²) in [5, 5.41) is 19.4. The Bertz CT molecular complexity index is 734. The third kappa shape index (κ3) is 9.45. The van der Waals surface area contributed by atoms with Gasteiger partial charge in [-0.3, -0.25) is 0 Å². The Labute approximate surface area is 197 Å². The Morgan fingerprint density at radius 3 is 1.34 bits per heavy atom. The van der Waals surface area contributed by atoms with Crippen molar-refractivity contribution in [3.8, 4) is 0 Å². The minimum atomic E-state index is -1.21. The van der Waals surface area contributed by atoms with Crippen LogP contribution >= 0.6 is 11.8 Å². The molecule has 32 heavy (non-hydrogen) atoms. The Morgan fingerprint density at radius 1 is 0.719 bits per heavy atom. The van der Waals surface area contributed by atoms with E-state index in [9.17, 15) is 14.7 Å². The van der Waals surface area contributed by atoms with Gasteiger partial charge in [-0.15, -0.1) is 0 Å². The fourth-order valence-corrected chi connectivity index (χ4v) is 4.85. The zero-order valence-corrected chi connectivity index (χ0v) is 20.6. The van der Waals surface area contributed by atoms with Gasteiger partial charge in [-0.05, 0) is 67.6 Å². The topological polar surface area (TPSA) is 77.4 Å². The van der Waals surface area contributed by atoms with Crippen molar-refractivity contribution >= 4 is 23.7 Å². The van der Waals surface area contributed by atoms with Crippen LogP contribution in [0.4, 0.5) is 0 Å². The highest BCUT2D eigenvalue weighted by Gasteiger charge is 2.22. The molecule has 2 aromatic carbocycles. The number of hydrogen-bond donors (Lipinski definition) is 1. The van der Waals surface area contributed by atoms with E-state index < -0.39 is 11.9 Å². The van der Waals surface area contributed by atoms with Crippen LogP contribution in [0.15, 0.2) is 58.3 Å².